The lowest BCUT2D eigenvalue weighted by Gasteiger charge is -2.43. The van der Waals surface area contributed by atoms with E-state index in [4.69, 9.17) is 0 Å². The van der Waals surface area contributed by atoms with Crippen molar-refractivity contribution in [1.82, 2.24) is 15.1 Å². The van der Waals surface area contributed by atoms with E-state index in [-0.39, 0.29) is 0 Å². The Labute approximate surface area is 81.1 Å². The maximum atomic E-state index is 3.34. The number of hydrogen-bond donors (Lipinski definition) is 1. The average molecular weight is 183 g/mol. The van der Waals surface area contributed by atoms with Gasteiger partial charge in [0.15, 0.2) is 0 Å². The van der Waals surface area contributed by atoms with E-state index in [9.17, 15) is 0 Å². The topological polar surface area (TPSA) is 18.5 Å². The lowest BCUT2D eigenvalue weighted by Crippen LogP contribution is -2.59. The Hall–Kier alpha value is -0.120. The number of nitrogens with zero attached hydrogens (tertiary/aromatic N) is 2. The van der Waals surface area contributed by atoms with E-state index >= 15 is 0 Å². The molecule has 0 radical (unpaired) electrons. The molecule has 0 aromatic carbocycles. The van der Waals surface area contributed by atoms with E-state index < -0.39 is 0 Å². The van der Waals surface area contributed by atoms with Crippen LogP contribution in [0.3, 0.4) is 0 Å². The molecule has 1 N–H and O–H groups in total. The van der Waals surface area contributed by atoms with Crippen molar-refractivity contribution in [3.63, 3.8) is 0 Å². The van der Waals surface area contributed by atoms with Crippen LogP contribution in [-0.2, 0) is 0 Å². The van der Waals surface area contributed by atoms with Crippen molar-refractivity contribution in [3.8, 4) is 0 Å². The van der Waals surface area contributed by atoms with Crippen molar-refractivity contribution < 1.29 is 0 Å². The van der Waals surface area contributed by atoms with Gasteiger partial charge in [0.05, 0.1) is 0 Å². The van der Waals surface area contributed by atoms with Crippen LogP contribution in [0.1, 0.15) is 12.8 Å². The van der Waals surface area contributed by atoms with Gasteiger partial charge < -0.3 is 10.2 Å². The minimum absolute atomic E-state index is 0.813. The molecule has 0 aromatic rings. The van der Waals surface area contributed by atoms with Gasteiger partial charge in [0, 0.05) is 25.2 Å². The Morgan fingerprint density at radius 1 is 1.15 bits per heavy atom. The summed E-state index contributed by atoms with van der Waals surface area (Å²) < 4.78 is 0. The summed E-state index contributed by atoms with van der Waals surface area (Å²) in [5, 5.41) is 3.34. The number of piperidine rings is 1. The Morgan fingerprint density at radius 3 is 2.23 bits per heavy atom. The summed E-state index contributed by atoms with van der Waals surface area (Å²) in [6.45, 7) is 4.94. The molecule has 2 rings (SSSR count). The fraction of sp³-hybridized carbons (Fsp3) is 1.00. The normalized spacial score (nSPS) is 27.9. The standard InChI is InChI=1S/C10H21N3/c1-12-5-3-9(4-6-12)13(2)10-7-11-8-10/h9-11H,3-8H2,1-2H3. The monoisotopic (exact) mass is 183 g/mol. The predicted octanol–water partition coefficient (Wildman–Crippen LogP) is -0.0158. The van der Waals surface area contributed by atoms with E-state index in [0.717, 1.165) is 12.1 Å². The minimum atomic E-state index is 0.813. The quantitative estimate of drug-likeness (QED) is 0.649. The molecule has 3 nitrogen and oxygen atoms in total. The molecule has 0 amide bonds. The molecule has 2 heterocycles. The molecule has 0 aliphatic carbocycles. The first-order valence-electron chi connectivity index (χ1n) is 5.38. The fourth-order valence-electron chi connectivity index (χ4n) is 2.26. The van der Waals surface area contributed by atoms with Crippen LogP contribution < -0.4 is 5.32 Å². The van der Waals surface area contributed by atoms with Crippen LogP contribution in [0, 0.1) is 0 Å². The molecule has 0 spiro atoms. The number of rotatable bonds is 2. The van der Waals surface area contributed by atoms with E-state index in [1.54, 1.807) is 0 Å². The molecule has 3 heteroatoms. The number of likely N-dealkylation sites (N-methyl/N-ethyl adjacent to an activating group) is 1. The lowest BCUT2D eigenvalue weighted by molar-refractivity contribution is 0.0819. The van der Waals surface area contributed by atoms with Gasteiger partial charge in [0.1, 0.15) is 0 Å². The lowest BCUT2D eigenvalue weighted by atomic mass is 10.0. The highest BCUT2D eigenvalue weighted by atomic mass is 15.2. The van der Waals surface area contributed by atoms with E-state index in [2.05, 4.69) is 29.2 Å². The third-order valence-corrected chi connectivity index (χ3v) is 3.60. The minimum Gasteiger partial charge on any atom is -0.314 e. The first-order chi connectivity index (χ1) is 6.27. The largest absolute Gasteiger partial charge is 0.314 e. The fourth-order valence-corrected chi connectivity index (χ4v) is 2.26. The van der Waals surface area contributed by atoms with Gasteiger partial charge in [-0.1, -0.05) is 0 Å². The smallest absolute Gasteiger partial charge is 0.0345 e. The highest BCUT2D eigenvalue weighted by molar-refractivity contribution is 4.88. The van der Waals surface area contributed by atoms with Crippen molar-refractivity contribution in [1.29, 1.82) is 0 Å². The Kier molecular flexibility index (Phi) is 2.86. The average Bonchev–Trinajstić information content (AvgIpc) is 2.02. The zero-order valence-electron chi connectivity index (χ0n) is 8.79. The summed E-state index contributed by atoms with van der Waals surface area (Å²) in [5.74, 6) is 0. The molecular weight excluding hydrogens is 162 g/mol. The third-order valence-electron chi connectivity index (χ3n) is 3.60. The first-order valence-corrected chi connectivity index (χ1v) is 5.38. The summed E-state index contributed by atoms with van der Waals surface area (Å²) in [6, 6.07) is 1.65. The molecule has 2 fully saturated rings. The van der Waals surface area contributed by atoms with Crippen molar-refractivity contribution in [2.24, 2.45) is 0 Å². The third kappa shape index (κ3) is 2.03. The zero-order chi connectivity index (χ0) is 9.26. The van der Waals surface area contributed by atoms with Crippen LogP contribution >= 0.6 is 0 Å². The molecule has 13 heavy (non-hydrogen) atoms. The molecule has 2 aliphatic rings. The molecule has 2 aliphatic heterocycles. The Balaban J connectivity index is 1.79. The first kappa shape index (κ1) is 9.44. The molecule has 2 saturated heterocycles. The van der Waals surface area contributed by atoms with Crippen molar-refractivity contribution >= 4 is 0 Å². The van der Waals surface area contributed by atoms with E-state index in [1.807, 2.05) is 0 Å². The van der Waals surface area contributed by atoms with Gasteiger partial charge in [-0.25, -0.2) is 0 Å². The summed E-state index contributed by atoms with van der Waals surface area (Å²) in [5.41, 5.74) is 0. The second-order valence-corrected chi connectivity index (χ2v) is 4.51. The van der Waals surface area contributed by atoms with Gasteiger partial charge in [-0.2, -0.15) is 0 Å². The van der Waals surface area contributed by atoms with Crippen LogP contribution in [0.25, 0.3) is 0 Å². The van der Waals surface area contributed by atoms with E-state index in [0.29, 0.717) is 0 Å². The second kappa shape index (κ2) is 3.95. The Morgan fingerprint density at radius 2 is 1.77 bits per heavy atom. The molecule has 0 saturated carbocycles. The summed E-state index contributed by atoms with van der Waals surface area (Å²) >= 11 is 0. The van der Waals surface area contributed by atoms with Crippen molar-refractivity contribution in [2.75, 3.05) is 40.3 Å². The van der Waals surface area contributed by atoms with Gasteiger partial charge in [0.25, 0.3) is 0 Å². The van der Waals surface area contributed by atoms with Crippen LogP contribution in [0.4, 0.5) is 0 Å². The van der Waals surface area contributed by atoms with Gasteiger partial charge in [0.2, 0.25) is 0 Å². The zero-order valence-corrected chi connectivity index (χ0v) is 8.79. The number of hydrogen-bond acceptors (Lipinski definition) is 3. The van der Waals surface area contributed by atoms with Crippen LogP contribution in [0.15, 0.2) is 0 Å². The summed E-state index contributed by atoms with van der Waals surface area (Å²) in [4.78, 5) is 5.02. The molecule has 0 unspecified atom stereocenters. The molecule has 0 aromatic heterocycles. The molecule has 76 valence electrons. The van der Waals surface area contributed by atoms with Gasteiger partial charge in [-0.15, -0.1) is 0 Å². The number of likely N-dealkylation sites (tertiary alicyclic amines) is 1. The van der Waals surface area contributed by atoms with Crippen LogP contribution in [0.5, 0.6) is 0 Å². The molecule has 0 atom stereocenters. The van der Waals surface area contributed by atoms with Gasteiger partial charge in [-0.05, 0) is 40.0 Å². The molecular formula is C10H21N3. The van der Waals surface area contributed by atoms with E-state index in [1.165, 1.54) is 39.0 Å². The number of nitrogens with one attached hydrogen (secondary N) is 1. The van der Waals surface area contributed by atoms with Crippen molar-refractivity contribution in [3.05, 3.63) is 0 Å². The van der Waals surface area contributed by atoms with Crippen molar-refractivity contribution in [2.45, 2.75) is 24.9 Å². The predicted molar refractivity (Wildman–Crippen MR) is 54.9 cm³/mol. The summed E-state index contributed by atoms with van der Waals surface area (Å²) in [7, 11) is 4.52. The van der Waals surface area contributed by atoms with Crippen LogP contribution in [0.2, 0.25) is 0 Å². The van der Waals surface area contributed by atoms with Gasteiger partial charge >= 0.3 is 0 Å². The SMILES string of the molecule is CN1CCC(N(C)C2CNC2)CC1. The van der Waals surface area contributed by atoms with Gasteiger partial charge in [-0.3, -0.25) is 4.90 Å². The highest BCUT2D eigenvalue weighted by Crippen LogP contribution is 2.17. The maximum absolute atomic E-state index is 3.34. The van der Waals surface area contributed by atoms with Crippen LogP contribution in [-0.4, -0.2) is 62.2 Å². The summed E-state index contributed by atoms with van der Waals surface area (Å²) in [6.07, 6.45) is 2.70. The maximum Gasteiger partial charge on any atom is 0.0345 e. The molecule has 0 bridgehead atoms. The second-order valence-electron chi connectivity index (χ2n) is 4.51. The Bertz CT molecular complexity index is 160. The highest BCUT2D eigenvalue weighted by Gasteiger charge is 2.28.